The summed E-state index contributed by atoms with van der Waals surface area (Å²) in [6.07, 6.45) is 0. The Morgan fingerprint density at radius 3 is 0.722 bits per heavy atom. The smallest absolute Gasteiger partial charge is 0.328 e. The monoisotopic (exact) mass is 2080 g/mol. The summed E-state index contributed by atoms with van der Waals surface area (Å²) in [6.45, 7) is 3.87. The van der Waals surface area contributed by atoms with Crippen molar-refractivity contribution >= 4 is 184 Å². The molecule has 22 aromatic carbocycles. The third kappa shape index (κ3) is 22.5. The summed E-state index contributed by atoms with van der Waals surface area (Å²) in [5.74, 6) is 0. The van der Waals surface area contributed by atoms with Gasteiger partial charge in [0, 0.05) is 55.9 Å². The van der Waals surface area contributed by atoms with Gasteiger partial charge in [-0.2, -0.15) is 24.6 Å². The van der Waals surface area contributed by atoms with Crippen LogP contribution < -0.4 is 79.6 Å². The second-order valence-corrected chi connectivity index (χ2v) is 43.3. The number of rotatable bonds is 17. The van der Waals surface area contributed by atoms with E-state index in [1.54, 1.807) is 0 Å². The van der Waals surface area contributed by atoms with Crippen molar-refractivity contribution in [1.29, 1.82) is 0 Å². The van der Waals surface area contributed by atoms with Gasteiger partial charge in [0.25, 0.3) is 5.09 Å². The van der Waals surface area contributed by atoms with Gasteiger partial charge < -0.3 is 5.21 Å². The summed E-state index contributed by atoms with van der Waals surface area (Å²) in [5, 5.41) is 50.1. The fourth-order valence-corrected chi connectivity index (χ4v) is 30.8. The summed E-state index contributed by atoms with van der Waals surface area (Å²) >= 11 is 0. The van der Waals surface area contributed by atoms with Crippen LogP contribution in [0.4, 0.5) is 0 Å². The summed E-state index contributed by atoms with van der Waals surface area (Å²) in [5.41, 5.74) is 6.52. The number of fused-ring (bicyclic) bond motifs is 6. The number of benzene rings is 22. The number of nitrogens with zero attached hydrogens (tertiary/aromatic N) is 1. The molecule has 0 spiro atoms. The molecule has 656 valence electrons. The first-order valence-electron chi connectivity index (χ1n) is 43.7. The van der Waals surface area contributed by atoms with Gasteiger partial charge in [0.1, 0.15) is 47.7 Å². The Hall–Kier alpha value is -12.2. The maximum atomic E-state index is 8.36. The summed E-state index contributed by atoms with van der Waals surface area (Å²) < 4.78 is 0. The Labute approximate surface area is 832 Å². The fourth-order valence-electron chi connectivity index (χ4n) is 17.7. The van der Waals surface area contributed by atoms with Gasteiger partial charge in [0.15, 0.2) is 0 Å². The van der Waals surface area contributed by atoms with Crippen LogP contribution >= 0.6 is 39.6 Å². The van der Waals surface area contributed by atoms with E-state index in [-0.39, 0.29) is 67.1 Å². The zero-order valence-corrected chi connectivity index (χ0v) is 81.8. The molecule has 22 aromatic rings. The van der Waals surface area contributed by atoms with E-state index in [0.717, 1.165) is 5.56 Å². The molecule has 12 heteroatoms. The van der Waals surface area contributed by atoms with E-state index in [1.165, 1.54) is 166 Å². The van der Waals surface area contributed by atoms with Crippen molar-refractivity contribution in [3.05, 3.63) is 556 Å². The van der Waals surface area contributed by atoms with E-state index in [9.17, 15) is 0 Å². The van der Waals surface area contributed by atoms with Crippen LogP contribution in [0.2, 0.25) is 0 Å². The Morgan fingerprint density at radius 1 is 0.218 bits per heavy atom. The molecule has 0 aromatic heterocycles. The van der Waals surface area contributed by atoms with Gasteiger partial charge in [-0.05, 0) is 215 Å². The molecule has 0 amide bonds. The van der Waals surface area contributed by atoms with Gasteiger partial charge in [-0.1, -0.05) is 424 Å². The average molecular weight is 2090 g/mol. The predicted molar refractivity (Wildman–Crippen MR) is 573 cm³/mol. The molecule has 0 bridgehead atoms. The first-order chi connectivity index (χ1) is 64.2. The molecule has 0 aliphatic carbocycles. The Kier molecular flexibility index (Phi) is 33.7. The fraction of sp³-hybridized carbons (Fsp3) is 0. The standard InChI is InChI=1S/2C44H32P2.C22H17P.C11H9.3Ag.HNO3/c2*1-5-19-35(20-6-1)45(36-21-7-2-8-22-36)41-31-29-33-17-13-15-27-39(33)43(41)44-40-28-16-14-18-34(40)30-32-42(44)46(37-23-9-3-10-24-37)38-25-11-4-12-26-38;1-3-11-20(12-4-1)23(21-13-5-2-6-14-21)22-16-15-18-9-7-8-10-19(18)17-22;1-9-6-7-10-4-2-3-5-11(10)8-9;;;;2-1(3)4/h2*1-32H;1-17H;2-8H,1H2;;;;(H,2,3,4)/q;;;-1;;;+1;/p+3. The average Bonchev–Trinajstić information content (AvgIpc) is 0.734. The summed E-state index contributed by atoms with van der Waals surface area (Å²) in [7, 11) is -5.41. The van der Waals surface area contributed by atoms with Crippen LogP contribution in [0.25, 0.3) is 86.9 Å². The van der Waals surface area contributed by atoms with E-state index < -0.39 is 44.7 Å². The van der Waals surface area contributed by atoms with Crippen LogP contribution in [0.15, 0.2) is 534 Å². The molecule has 0 aliphatic rings. The number of hydrogen-bond donors (Lipinski definition) is 1. The van der Waals surface area contributed by atoms with Gasteiger partial charge in [-0.25, -0.2) is 0 Å². The molecular formula is C121H94Ag3NO3P5+3. The molecule has 0 fully saturated rings. The van der Waals surface area contributed by atoms with Crippen molar-refractivity contribution in [2.24, 2.45) is 0 Å². The molecular weight excluding hydrogens is 1990 g/mol. The second kappa shape index (κ2) is 47.0. The topological polar surface area (TPSA) is 63.4 Å². The minimum absolute atomic E-state index is 0. The van der Waals surface area contributed by atoms with Crippen LogP contribution in [0.5, 0.6) is 0 Å². The van der Waals surface area contributed by atoms with Gasteiger partial charge in [-0.15, -0.1) is 16.2 Å². The third-order valence-corrected chi connectivity index (χ3v) is 36.7. The molecule has 0 saturated heterocycles. The SMILES string of the molecule is O=[N+]([O-])O.[Ag+].[Ag].[Ag].[CH2-]c1ccc2ccccc2c1.c1ccc(P(c2ccccc2)c2ccc3ccccc3c2-c2c(P(c3ccccc3)c3ccccc3)ccc3ccccc23)cc1.c1ccc([PH+](c2ccccc2)c2ccc3ccccc3c2)cc1.c1ccc([PH+](c2ccccc2)c2ccc3ccccc3c2-c2c([PH+](c3ccccc3)c3ccccc3)ccc3ccccc23)cc1. The molecule has 22 rings (SSSR count). The van der Waals surface area contributed by atoms with Crippen molar-refractivity contribution in [3.63, 3.8) is 0 Å². The molecule has 0 atom stereocenters. The normalized spacial score (nSPS) is 10.8. The zero-order chi connectivity index (χ0) is 88.2. The summed E-state index contributed by atoms with van der Waals surface area (Å²) in [6, 6.07) is 196. The molecule has 4 nitrogen and oxygen atoms in total. The van der Waals surface area contributed by atoms with Gasteiger partial charge >= 0.3 is 22.4 Å². The van der Waals surface area contributed by atoms with Crippen molar-refractivity contribution in [3.8, 4) is 22.3 Å². The molecule has 133 heavy (non-hydrogen) atoms. The minimum Gasteiger partial charge on any atom is -0.328 e. The zero-order valence-electron chi connectivity index (χ0n) is 72.5. The molecule has 2 radical (unpaired) electrons. The van der Waals surface area contributed by atoms with Crippen molar-refractivity contribution in [2.45, 2.75) is 0 Å². The van der Waals surface area contributed by atoms with E-state index in [4.69, 9.17) is 15.3 Å². The van der Waals surface area contributed by atoms with Crippen LogP contribution in [0, 0.1) is 17.0 Å². The first kappa shape index (κ1) is 95.5. The molecule has 0 aliphatic heterocycles. The Morgan fingerprint density at radius 2 is 0.429 bits per heavy atom. The quantitative estimate of drug-likeness (QED) is 0.0325. The first-order valence-corrected chi connectivity index (χ1v) is 50.9. The van der Waals surface area contributed by atoms with E-state index >= 15 is 0 Å². The van der Waals surface area contributed by atoms with Crippen molar-refractivity contribution in [2.75, 3.05) is 0 Å². The van der Waals surface area contributed by atoms with Crippen molar-refractivity contribution < 1.29 is 77.4 Å². The summed E-state index contributed by atoms with van der Waals surface area (Å²) in [4.78, 5) is 8.36. The molecule has 0 unspecified atom stereocenters. The number of hydrogen-bond acceptors (Lipinski definition) is 2. The van der Waals surface area contributed by atoms with Gasteiger partial charge in [0.2, 0.25) is 0 Å². The Bertz CT molecular complexity index is 6710. The van der Waals surface area contributed by atoms with E-state index in [0.29, 0.717) is 0 Å². The minimum atomic E-state index is -1.50. The maximum Gasteiger partial charge on any atom is 1.00 e. The van der Waals surface area contributed by atoms with Gasteiger partial charge in [0.05, 0.1) is 23.8 Å². The van der Waals surface area contributed by atoms with E-state index in [1.807, 2.05) is 18.2 Å². The largest absolute Gasteiger partial charge is 1.00 e. The second-order valence-electron chi connectivity index (χ2n) is 31.6. The third-order valence-electron chi connectivity index (χ3n) is 23.5. The van der Waals surface area contributed by atoms with E-state index in [2.05, 4.69) is 523 Å². The van der Waals surface area contributed by atoms with Crippen LogP contribution in [-0.2, 0) is 67.1 Å². The Balaban J connectivity index is 0.000000145. The molecule has 1 N–H and O–H groups in total. The van der Waals surface area contributed by atoms with Crippen LogP contribution in [0.3, 0.4) is 0 Å². The van der Waals surface area contributed by atoms with Crippen molar-refractivity contribution in [1.82, 2.24) is 0 Å². The van der Waals surface area contributed by atoms with Crippen LogP contribution in [-0.4, -0.2) is 10.3 Å². The van der Waals surface area contributed by atoms with Crippen LogP contribution in [0.1, 0.15) is 5.56 Å². The molecule has 0 heterocycles. The van der Waals surface area contributed by atoms with Gasteiger partial charge in [-0.3, -0.25) is 0 Å². The maximum absolute atomic E-state index is 8.36. The predicted octanol–water partition coefficient (Wildman–Crippen LogP) is 24.8. The molecule has 0 saturated carbocycles.